The van der Waals surface area contributed by atoms with E-state index in [1.165, 1.54) is 87.3 Å². The second-order valence-electron chi connectivity index (χ2n) is 12.6. The lowest BCUT2D eigenvalue weighted by Gasteiger charge is -2.35. The number of anilines is 3. The van der Waals surface area contributed by atoms with E-state index < -0.39 is 0 Å². The Morgan fingerprint density at radius 3 is 1.91 bits per heavy atom. The molecule has 0 bridgehead atoms. The number of para-hydroxylation sites is 2. The zero-order valence-corrected chi connectivity index (χ0v) is 25.9. The van der Waals surface area contributed by atoms with Crippen LogP contribution in [0.2, 0.25) is 0 Å². The van der Waals surface area contributed by atoms with Crippen molar-refractivity contribution in [2.24, 2.45) is 0 Å². The molecule has 9 rings (SSSR count). The summed E-state index contributed by atoms with van der Waals surface area (Å²) in [6, 6.07) is 49.8. The van der Waals surface area contributed by atoms with Gasteiger partial charge in [0.1, 0.15) is 0 Å². The molecule has 0 spiro atoms. The van der Waals surface area contributed by atoms with Gasteiger partial charge in [-0.25, -0.2) is 0 Å². The van der Waals surface area contributed by atoms with E-state index in [2.05, 4.69) is 159 Å². The van der Waals surface area contributed by atoms with Crippen molar-refractivity contribution >= 4 is 50.4 Å². The van der Waals surface area contributed by atoms with Crippen molar-refractivity contribution < 1.29 is 0 Å². The van der Waals surface area contributed by atoms with E-state index in [-0.39, 0.29) is 5.41 Å². The molecule has 44 heavy (non-hydrogen) atoms. The first-order chi connectivity index (χ1) is 21.5. The van der Waals surface area contributed by atoms with Gasteiger partial charge in [0, 0.05) is 26.0 Å². The standard InChI is InChI=1S/C42H31NS/c1-26-20-22-31-33(24-26)40(27-21-23-35-32(25-27)28-12-6-7-15-34(28)42(35,2)3)29-13-4-5-14-30(29)41(31)43-36-16-8-10-18-38(36)44-39-19-11-9-17-37(39)43/h4-25H,1-3H3. The minimum absolute atomic E-state index is 0.0118. The highest BCUT2D eigenvalue weighted by Gasteiger charge is 2.35. The largest absolute Gasteiger partial charge is 0.307 e. The average Bonchev–Trinajstić information content (AvgIpc) is 3.28. The summed E-state index contributed by atoms with van der Waals surface area (Å²) < 4.78 is 0. The second kappa shape index (κ2) is 9.35. The number of nitrogens with zero attached hydrogens (tertiary/aromatic N) is 1. The maximum atomic E-state index is 2.51. The molecule has 1 aliphatic carbocycles. The molecule has 0 amide bonds. The lowest BCUT2D eigenvalue weighted by atomic mass is 9.82. The molecule has 210 valence electrons. The van der Waals surface area contributed by atoms with Gasteiger partial charge in [-0.2, -0.15) is 0 Å². The van der Waals surface area contributed by atoms with Gasteiger partial charge in [-0.15, -0.1) is 0 Å². The normalized spacial score (nSPS) is 14.3. The molecule has 0 radical (unpaired) electrons. The Kier molecular flexibility index (Phi) is 5.46. The van der Waals surface area contributed by atoms with Gasteiger partial charge in [0.15, 0.2) is 0 Å². The first kappa shape index (κ1) is 25.7. The van der Waals surface area contributed by atoms with E-state index in [1.54, 1.807) is 0 Å². The fourth-order valence-corrected chi connectivity index (χ4v) is 8.70. The summed E-state index contributed by atoms with van der Waals surface area (Å²) in [7, 11) is 0. The van der Waals surface area contributed by atoms with Gasteiger partial charge in [-0.3, -0.25) is 0 Å². The van der Waals surface area contributed by atoms with Crippen LogP contribution in [-0.4, -0.2) is 0 Å². The van der Waals surface area contributed by atoms with Crippen LogP contribution in [0.25, 0.3) is 43.8 Å². The van der Waals surface area contributed by atoms with Gasteiger partial charge in [-0.1, -0.05) is 134 Å². The second-order valence-corrected chi connectivity index (χ2v) is 13.7. The Labute approximate surface area is 262 Å². The van der Waals surface area contributed by atoms with E-state index in [9.17, 15) is 0 Å². The number of rotatable bonds is 2. The zero-order valence-electron chi connectivity index (χ0n) is 25.1. The molecular formula is C42H31NS. The third-order valence-corrected chi connectivity index (χ3v) is 10.8. The van der Waals surface area contributed by atoms with Crippen LogP contribution in [0.5, 0.6) is 0 Å². The van der Waals surface area contributed by atoms with E-state index in [0.29, 0.717) is 0 Å². The molecule has 0 aromatic heterocycles. The quantitative estimate of drug-likeness (QED) is 0.187. The first-order valence-corrected chi connectivity index (χ1v) is 16.2. The molecule has 7 aromatic carbocycles. The summed E-state index contributed by atoms with van der Waals surface area (Å²) in [5.74, 6) is 0. The first-order valence-electron chi connectivity index (χ1n) is 15.4. The summed E-state index contributed by atoms with van der Waals surface area (Å²) in [6.45, 7) is 6.92. The van der Waals surface area contributed by atoms with Crippen LogP contribution < -0.4 is 4.90 Å². The van der Waals surface area contributed by atoms with Crippen molar-refractivity contribution in [3.05, 3.63) is 150 Å². The Morgan fingerprint density at radius 1 is 0.523 bits per heavy atom. The van der Waals surface area contributed by atoms with Crippen LogP contribution >= 0.6 is 11.8 Å². The summed E-state index contributed by atoms with van der Waals surface area (Å²) in [4.78, 5) is 5.06. The lowest BCUT2D eigenvalue weighted by Crippen LogP contribution is -2.16. The molecule has 7 aromatic rings. The number of aryl methyl sites for hydroxylation is 1. The number of hydrogen-bond acceptors (Lipinski definition) is 2. The molecule has 1 heterocycles. The SMILES string of the molecule is Cc1ccc2c(N3c4ccccc4Sc4ccccc43)c3ccccc3c(-c3ccc4c(c3)-c3ccccc3C4(C)C)c2c1. The lowest BCUT2D eigenvalue weighted by molar-refractivity contribution is 0.660. The third-order valence-electron chi connectivity index (χ3n) is 9.68. The van der Waals surface area contributed by atoms with Crippen LogP contribution in [0.3, 0.4) is 0 Å². The van der Waals surface area contributed by atoms with Crippen LogP contribution in [0.4, 0.5) is 17.1 Å². The molecule has 0 saturated heterocycles. The molecule has 0 fully saturated rings. The summed E-state index contributed by atoms with van der Waals surface area (Å²) in [5.41, 5.74) is 13.1. The van der Waals surface area contributed by atoms with Crippen molar-refractivity contribution in [2.45, 2.75) is 36.0 Å². The average molecular weight is 582 g/mol. The predicted octanol–water partition coefficient (Wildman–Crippen LogP) is 12.2. The van der Waals surface area contributed by atoms with E-state index in [0.717, 1.165) is 0 Å². The number of benzene rings is 7. The van der Waals surface area contributed by atoms with Crippen molar-refractivity contribution in [2.75, 3.05) is 4.90 Å². The smallest absolute Gasteiger partial charge is 0.0619 e. The maximum Gasteiger partial charge on any atom is 0.0619 e. The minimum atomic E-state index is -0.0118. The summed E-state index contributed by atoms with van der Waals surface area (Å²) >= 11 is 1.86. The summed E-state index contributed by atoms with van der Waals surface area (Å²) in [6.07, 6.45) is 0. The molecule has 1 aliphatic heterocycles. The maximum absolute atomic E-state index is 2.51. The predicted molar refractivity (Wildman–Crippen MR) is 188 cm³/mol. The topological polar surface area (TPSA) is 3.24 Å². The Balaban J connectivity index is 1.39. The Bertz CT molecular complexity index is 2270. The van der Waals surface area contributed by atoms with Gasteiger partial charge in [0.05, 0.1) is 17.1 Å². The minimum Gasteiger partial charge on any atom is -0.307 e. The highest BCUT2D eigenvalue weighted by molar-refractivity contribution is 7.99. The van der Waals surface area contributed by atoms with E-state index >= 15 is 0 Å². The fraction of sp³-hybridized carbons (Fsp3) is 0.0952. The van der Waals surface area contributed by atoms with Gasteiger partial charge in [0.25, 0.3) is 0 Å². The Hall–Kier alpha value is -4.79. The van der Waals surface area contributed by atoms with Crippen molar-refractivity contribution in [1.29, 1.82) is 0 Å². The van der Waals surface area contributed by atoms with Crippen LogP contribution in [0.1, 0.15) is 30.5 Å². The van der Waals surface area contributed by atoms with Crippen LogP contribution in [-0.2, 0) is 5.41 Å². The van der Waals surface area contributed by atoms with E-state index in [1.807, 2.05) is 11.8 Å². The van der Waals surface area contributed by atoms with Gasteiger partial charge < -0.3 is 4.90 Å². The monoisotopic (exact) mass is 581 g/mol. The highest BCUT2D eigenvalue weighted by atomic mass is 32.2. The molecular weight excluding hydrogens is 551 g/mol. The number of fused-ring (bicyclic) bond motifs is 7. The van der Waals surface area contributed by atoms with Gasteiger partial charge >= 0.3 is 0 Å². The zero-order chi connectivity index (χ0) is 29.6. The molecule has 0 atom stereocenters. The van der Waals surface area contributed by atoms with Crippen molar-refractivity contribution in [1.82, 2.24) is 0 Å². The number of hydrogen-bond donors (Lipinski definition) is 0. The fourth-order valence-electron chi connectivity index (χ4n) is 7.64. The van der Waals surface area contributed by atoms with E-state index in [4.69, 9.17) is 0 Å². The summed E-state index contributed by atoms with van der Waals surface area (Å²) in [5, 5.41) is 5.09. The van der Waals surface area contributed by atoms with Crippen molar-refractivity contribution in [3.8, 4) is 22.3 Å². The van der Waals surface area contributed by atoms with Gasteiger partial charge in [0.2, 0.25) is 0 Å². The molecule has 0 N–H and O–H groups in total. The molecule has 2 aliphatic rings. The van der Waals surface area contributed by atoms with Crippen LogP contribution in [0.15, 0.2) is 143 Å². The van der Waals surface area contributed by atoms with Gasteiger partial charge in [-0.05, 0) is 81.4 Å². The molecule has 1 nitrogen and oxygen atoms in total. The van der Waals surface area contributed by atoms with Crippen LogP contribution in [0, 0.1) is 6.92 Å². The molecule has 0 unspecified atom stereocenters. The van der Waals surface area contributed by atoms with Crippen molar-refractivity contribution in [3.63, 3.8) is 0 Å². The molecule has 2 heteroatoms. The Morgan fingerprint density at radius 2 is 1.14 bits per heavy atom. The molecule has 0 saturated carbocycles. The highest BCUT2D eigenvalue weighted by Crippen LogP contribution is 2.56. The third kappa shape index (κ3) is 3.55.